The Bertz CT molecular complexity index is 1040. The van der Waals surface area contributed by atoms with E-state index in [2.05, 4.69) is 5.32 Å². The van der Waals surface area contributed by atoms with Gasteiger partial charge in [0, 0.05) is 30.0 Å². The zero-order chi connectivity index (χ0) is 21.4. The summed E-state index contributed by atoms with van der Waals surface area (Å²) in [4.78, 5) is 12.6. The molecule has 0 spiro atoms. The number of hydrogen-bond donors (Lipinski definition) is 1. The standard InChI is InChI=1S/C20H14ClF5N2O/c1-28-10-15(16(11-28)19(22,23)20(24,25)26)18(29)27-17-9-13(21)7-8-14(17)12-5-3-2-4-6-12/h2-11H,1H3,(H,27,29). The van der Waals surface area contributed by atoms with Gasteiger partial charge in [-0.05, 0) is 17.7 Å². The Morgan fingerprint density at radius 1 is 1.00 bits per heavy atom. The maximum Gasteiger partial charge on any atom is 0.458 e. The van der Waals surface area contributed by atoms with Gasteiger partial charge in [0.15, 0.2) is 0 Å². The number of aromatic nitrogens is 1. The number of benzene rings is 2. The minimum Gasteiger partial charge on any atom is -0.356 e. The molecule has 0 aliphatic heterocycles. The van der Waals surface area contributed by atoms with Crippen LogP contribution >= 0.6 is 11.6 Å². The third-order valence-electron chi connectivity index (χ3n) is 4.21. The van der Waals surface area contributed by atoms with Crippen molar-refractivity contribution in [3.63, 3.8) is 0 Å². The number of halogens is 6. The third-order valence-corrected chi connectivity index (χ3v) is 4.44. The lowest BCUT2D eigenvalue weighted by Crippen LogP contribution is -2.35. The van der Waals surface area contributed by atoms with E-state index in [4.69, 9.17) is 11.6 Å². The molecule has 3 aromatic rings. The minimum atomic E-state index is -5.84. The molecule has 0 aliphatic rings. The number of anilines is 1. The second kappa shape index (κ2) is 7.51. The largest absolute Gasteiger partial charge is 0.458 e. The maximum absolute atomic E-state index is 13.9. The maximum atomic E-state index is 13.9. The van der Waals surface area contributed by atoms with Gasteiger partial charge < -0.3 is 9.88 Å². The van der Waals surface area contributed by atoms with Crippen LogP contribution in [0.1, 0.15) is 15.9 Å². The monoisotopic (exact) mass is 428 g/mol. The predicted octanol–water partition coefficient (Wildman–Crippen LogP) is 6.25. The van der Waals surface area contributed by atoms with Crippen LogP contribution in [0.5, 0.6) is 0 Å². The smallest absolute Gasteiger partial charge is 0.356 e. The SMILES string of the molecule is Cn1cc(C(=O)Nc2cc(Cl)ccc2-c2ccccc2)c(C(F)(F)C(F)(F)F)c1. The molecule has 152 valence electrons. The fourth-order valence-corrected chi connectivity index (χ4v) is 3.02. The van der Waals surface area contributed by atoms with Crippen molar-refractivity contribution in [2.75, 3.05) is 5.32 Å². The summed E-state index contributed by atoms with van der Waals surface area (Å²) in [6, 6.07) is 13.4. The molecule has 0 aliphatic carbocycles. The first-order valence-corrected chi connectivity index (χ1v) is 8.66. The molecule has 0 saturated carbocycles. The Kier molecular flexibility index (Phi) is 5.40. The average molecular weight is 429 g/mol. The molecular weight excluding hydrogens is 415 g/mol. The van der Waals surface area contributed by atoms with Crippen molar-refractivity contribution in [3.05, 3.63) is 77.1 Å². The quantitative estimate of drug-likeness (QED) is 0.489. The van der Waals surface area contributed by atoms with Crippen LogP contribution in [0.4, 0.5) is 27.6 Å². The van der Waals surface area contributed by atoms with Gasteiger partial charge in [0.05, 0.1) is 16.8 Å². The van der Waals surface area contributed by atoms with E-state index in [0.717, 1.165) is 10.8 Å². The summed E-state index contributed by atoms with van der Waals surface area (Å²) in [6.07, 6.45) is -4.34. The Balaban J connectivity index is 2.02. The number of aryl methyl sites for hydroxylation is 1. The summed E-state index contributed by atoms with van der Waals surface area (Å²) < 4.78 is 67.3. The molecule has 1 aromatic heterocycles. The summed E-state index contributed by atoms with van der Waals surface area (Å²) in [5, 5.41) is 2.66. The van der Waals surface area contributed by atoms with Crippen molar-refractivity contribution in [3.8, 4) is 11.1 Å². The lowest BCUT2D eigenvalue weighted by Gasteiger charge is -2.20. The number of nitrogens with zero attached hydrogens (tertiary/aromatic N) is 1. The molecule has 1 amide bonds. The van der Waals surface area contributed by atoms with Crippen molar-refractivity contribution in [2.24, 2.45) is 7.05 Å². The molecule has 3 nitrogen and oxygen atoms in total. The molecule has 1 N–H and O–H groups in total. The Morgan fingerprint density at radius 3 is 2.28 bits per heavy atom. The third kappa shape index (κ3) is 4.12. The van der Waals surface area contributed by atoms with Crippen molar-refractivity contribution in [1.82, 2.24) is 4.57 Å². The van der Waals surface area contributed by atoms with E-state index in [-0.39, 0.29) is 10.7 Å². The van der Waals surface area contributed by atoms with Crippen molar-refractivity contribution >= 4 is 23.2 Å². The number of alkyl halides is 5. The van der Waals surface area contributed by atoms with Crippen LogP contribution in [0.3, 0.4) is 0 Å². The average Bonchev–Trinajstić information content (AvgIpc) is 3.04. The van der Waals surface area contributed by atoms with Gasteiger partial charge in [-0.25, -0.2) is 0 Å². The first kappa shape index (κ1) is 20.9. The lowest BCUT2D eigenvalue weighted by molar-refractivity contribution is -0.289. The van der Waals surface area contributed by atoms with Crippen LogP contribution in [0.15, 0.2) is 60.9 Å². The highest BCUT2D eigenvalue weighted by molar-refractivity contribution is 6.31. The summed E-state index contributed by atoms with van der Waals surface area (Å²) in [5.74, 6) is -6.29. The van der Waals surface area contributed by atoms with E-state index in [1.165, 1.54) is 13.1 Å². The van der Waals surface area contributed by atoms with Gasteiger partial charge in [0.25, 0.3) is 5.91 Å². The van der Waals surface area contributed by atoms with Crippen molar-refractivity contribution in [2.45, 2.75) is 12.1 Å². The van der Waals surface area contributed by atoms with Gasteiger partial charge in [-0.3, -0.25) is 4.79 Å². The molecule has 3 rings (SSSR count). The highest BCUT2D eigenvalue weighted by Gasteiger charge is 2.60. The van der Waals surface area contributed by atoms with Crippen molar-refractivity contribution < 1.29 is 26.7 Å². The van der Waals surface area contributed by atoms with Crippen LogP contribution in [-0.4, -0.2) is 16.7 Å². The second-order valence-corrected chi connectivity index (χ2v) is 6.77. The highest BCUT2D eigenvalue weighted by atomic mass is 35.5. The highest BCUT2D eigenvalue weighted by Crippen LogP contribution is 2.45. The van der Waals surface area contributed by atoms with Crippen LogP contribution in [0.25, 0.3) is 11.1 Å². The molecule has 9 heteroatoms. The summed E-state index contributed by atoms with van der Waals surface area (Å²) in [7, 11) is 1.25. The summed E-state index contributed by atoms with van der Waals surface area (Å²) in [6.45, 7) is 0. The number of carbonyl (C=O) groups is 1. The zero-order valence-electron chi connectivity index (χ0n) is 14.9. The Labute approximate surface area is 167 Å². The van der Waals surface area contributed by atoms with Gasteiger partial charge in [-0.1, -0.05) is 48.0 Å². The Morgan fingerprint density at radius 2 is 1.66 bits per heavy atom. The topological polar surface area (TPSA) is 34.0 Å². The molecule has 0 saturated heterocycles. The van der Waals surface area contributed by atoms with E-state index >= 15 is 0 Å². The molecular formula is C20H14ClF5N2O. The van der Waals surface area contributed by atoms with Gasteiger partial charge in [-0.2, -0.15) is 22.0 Å². The molecule has 0 radical (unpaired) electrons. The first-order chi connectivity index (χ1) is 13.5. The molecule has 0 bridgehead atoms. The normalized spacial score (nSPS) is 12.1. The van der Waals surface area contributed by atoms with Gasteiger partial charge in [-0.15, -0.1) is 0 Å². The van der Waals surface area contributed by atoms with Crippen LogP contribution in [0.2, 0.25) is 5.02 Å². The number of amides is 1. The summed E-state index contributed by atoms with van der Waals surface area (Å²) in [5.41, 5.74) is -0.794. The predicted molar refractivity (Wildman–Crippen MR) is 100 cm³/mol. The number of carbonyl (C=O) groups excluding carboxylic acids is 1. The van der Waals surface area contributed by atoms with Crippen LogP contribution < -0.4 is 5.32 Å². The fraction of sp³-hybridized carbons (Fsp3) is 0.150. The van der Waals surface area contributed by atoms with E-state index in [9.17, 15) is 26.7 Å². The Hall–Kier alpha value is -2.87. The number of hydrogen-bond acceptors (Lipinski definition) is 1. The summed E-state index contributed by atoms with van der Waals surface area (Å²) >= 11 is 5.98. The zero-order valence-corrected chi connectivity index (χ0v) is 15.7. The van der Waals surface area contributed by atoms with Crippen LogP contribution in [-0.2, 0) is 13.0 Å². The van der Waals surface area contributed by atoms with Gasteiger partial charge in [0.1, 0.15) is 0 Å². The molecule has 0 unspecified atom stereocenters. The molecule has 0 atom stereocenters. The fourth-order valence-electron chi connectivity index (χ4n) is 2.85. The van der Waals surface area contributed by atoms with Gasteiger partial charge in [0.2, 0.25) is 0 Å². The minimum absolute atomic E-state index is 0.179. The molecule has 2 aromatic carbocycles. The number of nitrogens with one attached hydrogen (secondary N) is 1. The van der Waals surface area contributed by atoms with Crippen molar-refractivity contribution in [1.29, 1.82) is 0 Å². The van der Waals surface area contributed by atoms with E-state index in [0.29, 0.717) is 17.3 Å². The lowest BCUT2D eigenvalue weighted by atomic mass is 10.0. The van der Waals surface area contributed by atoms with E-state index in [1.807, 2.05) is 0 Å². The van der Waals surface area contributed by atoms with Gasteiger partial charge >= 0.3 is 12.1 Å². The molecule has 0 fully saturated rings. The molecule has 1 heterocycles. The second-order valence-electron chi connectivity index (χ2n) is 6.33. The van der Waals surface area contributed by atoms with E-state index in [1.54, 1.807) is 42.5 Å². The van der Waals surface area contributed by atoms with E-state index < -0.39 is 29.1 Å². The van der Waals surface area contributed by atoms with Crippen LogP contribution in [0, 0.1) is 0 Å². The molecule has 29 heavy (non-hydrogen) atoms. The first-order valence-electron chi connectivity index (χ1n) is 8.28. The number of rotatable bonds is 4.